The van der Waals surface area contributed by atoms with E-state index in [0.717, 1.165) is 24.8 Å². The van der Waals surface area contributed by atoms with Crippen molar-refractivity contribution in [2.45, 2.75) is 19.3 Å². The molecular weight excluding hydrogens is 215 g/mol. The SMILES string of the molecule is Oc1cc(CCCc2ccccc2)ccc1F. The van der Waals surface area contributed by atoms with Crippen molar-refractivity contribution in [3.8, 4) is 5.75 Å². The molecule has 0 bridgehead atoms. The first-order valence-electron chi connectivity index (χ1n) is 5.77. The van der Waals surface area contributed by atoms with Crippen LogP contribution in [0.1, 0.15) is 17.5 Å². The number of halogens is 1. The second-order valence-corrected chi connectivity index (χ2v) is 4.12. The van der Waals surface area contributed by atoms with E-state index in [-0.39, 0.29) is 5.75 Å². The van der Waals surface area contributed by atoms with Crippen LogP contribution in [0.3, 0.4) is 0 Å². The van der Waals surface area contributed by atoms with Gasteiger partial charge in [0.25, 0.3) is 0 Å². The first-order chi connectivity index (χ1) is 8.25. The lowest BCUT2D eigenvalue weighted by atomic mass is 10.0. The van der Waals surface area contributed by atoms with Gasteiger partial charge in [-0.05, 0) is 42.5 Å². The van der Waals surface area contributed by atoms with E-state index in [0.29, 0.717) is 0 Å². The minimum atomic E-state index is -0.559. The number of aryl methyl sites for hydroxylation is 2. The summed E-state index contributed by atoms with van der Waals surface area (Å²) in [4.78, 5) is 0. The van der Waals surface area contributed by atoms with Crippen LogP contribution < -0.4 is 0 Å². The van der Waals surface area contributed by atoms with E-state index in [9.17, 15) is 9.50 Å². The van der Waals surface area contributed by atoms with E-state index < -0.39 is 5.82 Å². The molecule has 2 aromatic rings. The highest BCUT2D eigenvalue weighted by Gasteiger charge is 2.01. The summed E-state index contributed by atoms with van der Waals surface area (Å²) in [5, 5.41) is 9.24. The lowest BCUT2D eigenvalue weighted by molar-refractivity contribution is 0.431. The molecule has 88 valence electrons. The number of phenols is 1. The minimum Gasteiger partial charge on any atom is -0.505 e. The number of aromatic hydroxyl groups is 1. The third-order valence-electron chi connectivity index (χ3n) is 2.78. The summed E-state index contributed by atoms with van der Waals surface area (Å²) in [6.07, 6.45) is 2.84. The van der Waals surface area contributed by atoms with Gasteiger partial charge < -0.3 is 5.11 Å². The van der Waals surface area contributed by atoms with Crippen molar-refractivity contribution >= 4 is 0 Å². The average molecular weight is 230 g/mol. The molecule has 0 aliphatic heterocycles. The predicted molar refractivity (Wildman–Crippen MR) is 66.5 cm³/mol. The van der Waals surface area contributed by atoms with Gasteiger partial charge in [-0.15, -0.1) is 0 Å². The van der Waals surface area contributed by atoms with Crippen molar-refractivity contribution in [2.75, 3.05) is 0 Å². The maximum atomic E-state index is 12.8. The summed E-state index contributed by atoms with van der Waals surface area (Å²) in [6, 6.07) is 14.8. The Hall–Kier alpha value is -1.83. The van der Waals surface area contributed by atoms with Gasteiger partial charge in [0.05, 0.1) is 0 Å². The first-order valence-corrected chi connectivity index (χ1v) is 5.77. The highest BCUT2D eigenvalue weighted by molar-refractivity contribution is 5.29. The van der Waals surface area contributed by atoms with Gasteiger partial charge in [-0.1, -0.05) is 36.4 Å². The van der Waals surface area contributed by atoms with Crippen molar-refractivity contribution < 1.29 is 9.50 Å². The van der Waals surface area contributed by atoms with E-state index in [4.69, 9.17) is 0 Å². The van der Waals surface area contributed by atoms with Crippen LogP contribution in [-0.4, -0.2) is 5.11 Å². The van der Waals surface area contributed by atoms with E-state index >= 15 is 0 Å². The lowest BCUT2D eigenvalue weighted by Gasteiger charge is -2.03. The molecule has 1 N–H and O–H groups in total. The van der Waals surface area contributed by atoms with Gasteiger partial charge in [0.15, 0.2) is 11.6 Å². The van der Waals surface area contributed by atoms with Crippen molar-refractivity contribution in [3.63, 3.8) is 0 Å². The molecule has 1 nitrogen and oxygen atoms in total. The number of hydrogen-bond acceptors (Lipinski definition) is 1. The van der Waals surface area contributed by atoms with E-state index in [1.807, 2.05) is 18.2 Å². The van der Waals surface area contributed by atoms with Crippen molar-refractivity contribution in [2.24, 2.45) is 0 Å². The summed E-state index contributed by atoms with van der Waals surface area (Å²) in [7, 11) is 0. The molecule has 0 heterocycles. The maximum absolute atomic E-state index is 12.8. The quantitative estimate of drug-likeness (QED) is 0.849. The van der Waals surface area contributed by atoms with Crippen LogP contribution in [0, 0.1) is 5.82 Å². The maximum Gasteiger partial charge on any atom is 0.164 e. The van der Waals surface area contributed by atoms with E-state index in [2.05, 4.69) is 12.1 Å². The Morgan fingerprint density at radius 1 is 0.882 bits per heavy atom. The predicted octanol–water partition coefficient (Wildman–Crippen LogP) is 3.71. The zero-order valence-electron chi connectivity index (χ0n) is 9.57. The number of rotatable bonds is 4. The van der Waals surface area contributed by atoms with Crippen LogP contribution in [0.25, 0.3) is 0 Å². The smallest absolute Gasteiger partial charge is 0.164 e. The molecular formula is C15H15FO. The summed E-state index contributed by atoms with van der Waals surface area (Å²) < 4.78 is 12.8. The number of phenolic OH excluding ortho intramolecular Hbond substituents is 1. The van der Waals surface area contributed by atoms with Crippen LogP contribution in [0.15, 0.2) is 48.5 Å². The molecule has 17 heavy (non-hydrogen) atoms. The van der Waals surface area contributed by atoms with Crippen LogP contribution >= 0.6 is 0 Å². The van der Waals surface area contributed by atoms with Crippen LogP contribution in [-0.2, 0) is 12.8 Å². The van der Waals surface area contributed by atoms with E-state index in [1.54, 1.807) is 6.07 Å². The third kappa shape index (κ3) is 3.31. The number of benzene rings is 2. The van der Waals surface area contributed by atoms with Gasteiger partial charge in [-0.25, -0.2) is 4.39 Å². The molecule has 2 rings (SSSR count). The third-order valence-corrected chi connectivity index (χ3v) is 2.78. The van der Waals surface area contributed by atoms with Crippen LogP contribution in [0.2, 0.25) is 0 Å². The molecule has 0 unspecified atom stereocenters. The highest BCUT2D eigenvalue weighted by atomic mass is 19.1. The molecule has 0 aromatic heterocycles. The normalized spacial score (nSPS) is 10.4. The Bertz CT molecular complexity index is 480. The Labute approximate surface area is 101 Å². The summed E-state index contributed by atoms with van der Waals surface area (Å²) >= 11 is 0. The molecule has 0 aliphatic carbocycles. The molecule has 2 heteroatoms. The standard InChI is InChI=1S/C15H15FO/c16-14-10-9-13(11-15(14)17)8-4-7-12-5-2-1-3-6-12/h1-3,5-6,9-11,17H,4,7-8H2. The molecule has 0 spiro atoms. The van der Waals surface area contributed by atoms with Crippen molar-refractivity contribution in [3.05, 3.63) is 65.5 Å². The topological polar surface area (TPSA) is 20.2 Å². The van der Waals surface area contributed by atoms with E-state index in [1.165, 1.54) is 17.7 Å². The van der Waals surface area contributed by atoms with Gasteiger partial charge in [-0.3, -0.25) is 0 Å². The fourth-order valence-electron chi connectivity index (χ4n) is 1.86. The average Bonchev–Trinajstić information content (AvgIpc) is 2.35. The largest absolute Gasteiger partial charge is 0.505 e. The number of hydrogen-bond donors (Lipinski definition) is 1. The summed E-state index contributed by atoms with van der Waals surface area (Å²) in [6.45, 7) is 0. The summed E-state index contributed by atoms with van der Waals surface area (Å²) in [5.41, 5.74) is 2.28. The second kappa shape index (κ2) is 5.48. The molecule has 2 aromatic carbocycles. The van der Waals surface area contributed by atoms with Gasteiger partial charge in [0.1, 0.15) is 0 Å². The first kappa shape index (κ1) is 11.6. The molecule has 0 radical (unpaired) electrons. The lowest BCUT2D eigenvalue weighted by Crippen LogP contribution is -1.90. The molecule has 0 saturated heterocycles. The zero-order valence-corrected chi connectivity index (χ0v) is 9.57. The monoisotopic (exact) mass is 230 g/mol. The Balaban J connectivity index is 1.88. The van der Waals surface area contributed by atoms with Crippen LogP contribution in [0.5, 0.6) is 5.75 Å². The second-order valence-electron chi connectivity index (χ2n) is 4.12. The minimum absolute atomic E-state index is 0.262. The molecule has 0 atom stereocenters. The van der Waals surface area contributed by atoms with Crippen LogP contribution in [0.4, 0.5) is 4.39 Å². The molecule has 0 aliphatic rings. The van der Waals surface area contributed by atoms with Gasteiger partial charge in [0, 0.05) is 0 Å². The molecule has 0 saturated carbocycles. The van der Waals surface area contributed by atoms with Gasteiger partial charge >= 0.3 is 0 Å². The highest BCUT2D eigenvalue weighted by Crippen LogP contribution is 2.18. The fourth-order valence-corrected chi connectivity index (χ4v) is 1.86. The Morgan fingerprint density at radius 2 is 1.59 bits per heavy atom. The molecule has 0 fully saturated rings. The summed E-state index contributed by atoms with van der Waals surface area (Å²) in [5.74, 6) is -0.820. The Kier molecular flexibility index (Phi) is 3.76. The Morgan fingerprint density at radius 3 is 2.29 bits per heavy atom. The molecule has 0 amide bonds. The van der Waals surface area contributed by atoms with Gasteiger partial charge in [0.2, 0.25) is 0 Å². The van der Waals surface area contributed by atoms with Gasteiger partial charge in [-0.2, -0.15) is 0 Å². The fraction of sp³-hybridized carbons (Fsp3) is 0.200. The van der Waals surface area contributed by atoms with Crippen molar-refractivity contribution in [1.82, 2.24) is 0 Å². The van der Waals surface area contributed by atoms with Crippen molar-refractivity contribution in [1.29, 1.82) is 0 Å². The zero-order chi connectivity index (χ0) is 12.1.